The van der Waals surface area contributed by atoms with Crippen molar-refractivity contribution < 1.29 is 43.7 Å². The van der Waals surface area contributed by atoms with Crippen molar-refractivity contribution in [1.29, 1.82) is 0 Å². The van der Waals surface area contributed by atoms with Crippen molar-refractivity contribution in [3.05, 3.63) is 0 Å². The minimum atomic E-state index is -1.01. The van der Waals surface area contributed by atoms with Crippen LogP contribution >= 0.6 is 0 Å². The summed E-state index contributed by atoms with van der Waals surface area (Å²) in [5, 5.41) is 20.8. The number of ether oxygens (including phenoxy) is 2. The molecular formula is C25H43N3O9. The molecule has 37 heavy (non-hydrogen) atoms. The number of alkyl carbamates (subject to hydrolysis) is 1. The molecule has 0 bridgehead atoms. The van der Waals surface area contributed by atoms with Crippen molar-refractivity contribution in [2.24, 2.45) is 5.92 Å². The molecule has 3 N–H and O–H groups in total. The SMILES string of the molecule is CC[C@H]1CC[C@@H](C(=O)O)N1C(=O)OC(C)(C)C.COC(=O)N[C@H](C(=O)N1[C@@H](C)CC[C@H]1C(=O)O)C(C)C. The van der Waals surface area contributed by atoms with Gasteiger partial charge in [-0.25, -0.2) is 19.2 Å². The summed E-state index contributed by atoms with van der Waals surface area (Å²) >= 11 is 0. The van der Waals surface area contributed by atoms with E-state index in [1.807, 2.05) is 13.8 Å². The molecule has 2 rings (SSSR count). The maximum Gasteiger partial charge on any atom is 0.411 e. The molecule has 0 saturated carbocycles. The molecule has 2 heterocycles. The third-order valence-electron chi connectivity index (χ3n) is 6.46. The number of rotatable bonds is 6. The highest BCUT2D eigenvalue weighted by Gasteiger charge is 2.43. The van der Waals surface area contributed by atoms with Gasteiger partial charge in [0, 0.05) is 12.1 Å². The molecule has 0 unspecified atom stereocenters. The Balaban J connectivity index is 0.000000375. The topological polar surface area (TPSA) is 163 Å². The molecule has 12 nitrogen and oxygen atoms in total. The van der Waals surface area contributed by atoms with E-state index in [1.165, 1.54) is 16.9 Å². The molecular weight excluding hydrogens is 486 g/mol. The van der Waals surface area contributed by atoms with E-state index in [4.69, 9.17) is 9.84 Å². The molecule has 0 aromatic rings. The third-order valence-corrected chi connectivity index (χ3v) is 6.46. The Morgan fingerprint density at radius 2 is 1.46 bits per heavy atom. The maximum atomic E-state index is 12.6. The fourth-order valence-corrected chi connectivity index (χ4v) is 4.57. The number of carbonyl (C=O) groups is 5. The normalized spacial score (nSPS) is 24.1. The molecule has 0 radical (unpaired) electrons. The number of hydrogen-bond donors (Lipinski definition) is 3. The lowest BCUT2D eigenvalue weighted by molar-refractivity contribution is -0.150. The Bertz CT molecular complexity index is 840. The number of nitrogens with one attached hydrogen (secondary N) is 1. The van der Waals surface area contributed by atoms with Gasteiger partial charge in [-0.3, -0.25) is 9.69 Å². The molecule has 12 heteroatoms. The van der Waals surface area contributed by atoms with Crippen LogP contribution in [0.15, 0.2) is 0 Å². The van der Waals surface area contributed by atoms with Crippen molar-refractivity contribution in [2.75, 3.05) is 7.11 Å². The minimum Gasteiger partial charge on any atom is -0.480 e. The van der Waals surface area contributed by atoms with E-state index in [9.17, 15) is 29.1 Å². The number of aliphatic carboxylic acids is 2. The van der Waals surface area contributed by atoms with Gasteiger partial charge >= 0.3 is 24.1 Å². The van der Waals surface area contributed by atoms with Crippen LogP contribution < -0.4 is 5.32 Å². The Labute approximate surface area is 218 Å². The Morgan fingerprint density at radius 3 is 1.89 bits per heavy atom. The van der Waals surface area contributed by atoms with Crippen LogP contribution in [-0.2, 0) is 23.9 Å². The van der Waals surface area contributed by atoms with E-state index in [0.717, 1.165) is 12.8 Å². The average Bonchev–Trinajstić information content (AvgIpc) is 3.39. The Hall–Kier alpha value is -3.05. The molecule has 2 aliphatic rings. The molecule has 0 spiro atoms. The second kappa shape index (κ2) is 13.5. The first kappa shape index (κ1) is 32.0. The number of nitrogens with zero attached hydrogens (tertiary/aromatic N) is 2. The Morgan fingerprint density at radius 1 is 0.946 bits per heavy atom. The largest absolute Gasteiger partial charge is 0.480 e. The number of carboxylic acid groups (broad SMARTS) is 2. The molecule has 0 aliphatic carbocycles. The molecule has 0 aromatic heterocycles. The number of amides is 3. The van der Waals surface area contributed by atoms with Crippen molar-refractivity contribution in [3.8, 4) is 0 Å². The molecule has 0 aromatic carbocycles. The maximum absolute atomic E-state index is 12.6. The number of likely N-dealkylation sites (tertiary alicyclic amines) is 2. The molecule has 5 atom stereocenters. The highest BCUT2D eigenvalue weighted by atomic mass is 16.6. The van der Waals surface area contributed by atoms with E-state index >= 15 is 0 Å². The Kier molecular flexibility index (Phi) is 11.7. The van der Waals surface area contributed by atoms with Gasteiger partial charge in [-0.15, -0.1) is 0 Å². The lowest BCUT2D eigenvalue weighted by Gasteiger charge is -2.31. The van der Waals surface area contributed by atoms with Gasteiger partial charge in [0.15, 0.2) is 0 Å². The zero-order valence-electron chi connectivity index (χ0n) is 23.1. The van der Waals surface area contributed by atoms with Crippen molar-refractivity contribution in [3.63, 3.8) is 0 Å². The van der Waals surface area contributed by atoms with Crippen LogP contribution in [0.1, 0.15) is 80.6 Å². The highest BCUT2D eigenvalue weighted by molar-refractivity contribution is 5.90. The van der Waals surface area contributed by atoms with Crippen LogP contribution in [0, 0.1) is 5.92 Å². The third kappa shape index (κ3) is 8.78. The molecule has 2 fully saturated rings. The number of carbonyl (C=O) groups excluding carboxylic acids is 3. The highest BCUT2D eigenvalue weighted by Crippen LogP contribution is 2.29. The first-order chi connectivity index (χ1) is 17.0. The van der Waals surface area contributed by atoms with Crippen molar-refractivity contribution >= 4 is 30.0 Å². The van der Waals surface area contributed by atoms with Gasteiger partial charge in [0.25, 0.3) is 0 Å². The lowest BCUT2D eigenvalue weighted by atomic mass is 10.0. The first-order valence-electron chi connectivity index (χ1n) is 12.7. The minimum absolute atomic E-state index is 0.0223. The van der Waals surface area contributed by atoms with Crippen LogP contribution in [0.3, 0.4) is 0 Å². The second-order valence-electron chi connectivity index (χ2n) is 10.8. The van der Waals surface area contributed by atoms with Crippen LogP contribution in [0.5, 0.6) is 0 Å². The number of carboxylic acids is 2. The quantitative estimate of drug-likeness (QED) is 0.469. The molecule has 2 aliphatic heterocycles. The van der Waals surface area contributed by atoms with E-state index < -0.39 is 47.9 Å². The summed E-state index contributed by atoms with van der Waals surface area (Å²) in [7, 11) is 1.22. The number of methoxy groups -OCH3 is 1. The van der Waals surface area contributed by atoms with Crippen LogP contribution in [-0.4, -0.2) is 93.0 Å². The van der Waals surface area contributed by atoms with E-state index in [1.54, 1.807) is 34.6 Å². The van der Waals surface area contributed by atoms with Gasteiger partial charge in [0.1, 0.15) is 23.7 Å². The van der Waals surface area contributed by atoms with Gasteiger partial charge in [-0.05, 0) is 65.7 Å². The zero-order chi connectivity index (χ0) is 28.7. The molecule has 212 valence electrons. The second-order valence-corrected chi connectivity index (χ2v) is 10.8. The van der Waals surface area contributed by atoms with E-state index in [-0.39, 0.29) is 23.9 Å². The number of hydrogen-bond acceptors (Lipinski definition) is 7. The summed E-state index contributed by atoms with van der Waals surface area (Å²) < 4.78 is 9.77. The van der Waals surface area contributed by atoms with Gasteiger partial charge < -0.3 is 29.9 Å². The molecule has 2 saturated heterocycles. The summed E-state index contributed by atoms with van der Waals surface area (Å²) in [4.78, 5) is 60.9. The monoisotopic (exact) mass is 529 g/mol. The standard InChI is InChI=1S/C13H22N2O5.C12H21NO4/c1-7(2)10(14-13(19)20-4)11(16)15-8(3)5-6-9(15)12(17)18;1-5-8-6-7-9(10(14)15)13(8)11(16)17-12(2,3)4/h7-10H,5-6H2,1-4H3,(H,14,19)(H,17,18);8-9H,5-7H2,1-4H3,(H,14,15)/t8-,9-,10-;8-,9-/m00/s1. The van der Waals surface area contributed by atoms with Crippen LogP contribution in [0.25, 0.3) is 0 Å². The fraction of sp³-hybridized carbons (Fsp3) is 0.800. The summed E-state index contributed by atoms with van der Waals surface area (Å²) in [5.74, 6) is -2.50. The van der Waals surface area contributed by atoms with E-state index in [2.05, 4.69) is 10.1 Å². The fourth-order valence-electron chi connectivity index (χ4n) is 4.57. The van der Waals surface area contributed by atoms with Crippen LogP contribution in [0.4, 0.5) is 9.59 Å². The summed E-state index contributed by atoms with van der Waals surface area (Å²) in [6.07, 6.45) is 1.85. The van der Waals surface area contributed by atoms with Gasteiger partial charge in [0.2, 0.25) is 5.91 Å². The van der Waals surface area contributed by atoms with Crippen molar-refractivity contribution in [1.82, 2.24) is 15.1 Å². The summed E-state index contributed by atoms with van der Waals surface area (Å²) in [6.45, 7) is 12.7. The lowest BCUT2D eigenvalue weighted by Crippen LogP contribution is -2.55. The van der Waals surface area contributed by atoms with Crippen LogP contribution in [0.2, 0.25) is 0 Å². The predicted molar refractivity (Wildman–Crippen MR) is 134 cm³/mol. The van der Waals surface area contributed by atoms with Gasteiger partial charge in [0.05, 0.1) is 7.11 Å². The summed E-state index contributed by atoms with van der Waals surface area (Å²) in [6, 6.07) is -2.52. The van der Waals surface area contributed by atoms with Gasteiger partial charge in [-0.2, -0.15) is 0 Å². The van der Waals surface area contributed by atoms with Crippen molar-refractivity contribution in [2.45, 2.75) is 116 Å². The molecule has 3 amide bonds. The van der Waals surface area contributed by atoms with Gasteiger partial charge in [-0.1, -0.05) is 20.8 Å². The first-order valence-corrected chi connectivity index (χ1v) is 12.7. The average molecular weight is 530 g/mol. The summed E-state index contributed by atoms with van der Waals surface area (Å²) in [5.41, 5.74) is -0.596. The predicted octanol–water partition coefficient (Wildman–Crippen LogP) is 3.08. The van der Waals surface area contributed by atoms with E-state index in [0.29, 0.717) is 19.3 Å². The smallest absolute Gasteiger partial charge is 0.411 e. The zero-order valence-corrected chi connectivity index (χ0v) is 23.1.